The van der Waals surface area contributed by atoms with Crippen molar-refractivity contribution in [3.63, 3.8) is 0 Å². The van der Waals surface area contributed by atoms with E-state index in [1.54, 1.807) is 11.4 Å². The Hall–Kier alpha value is -2.19. The van der Waals surface area contributed by atoms with Crippen LogP contribution in [0.1, 0.15) is 12.5 Å². The molecule has 1 aromatic heterocycles. The number of hydrogen-bond acceptors (Lipinski definition) is 7. The standard InChI is InChI=1S/C20H25F3N4O4S2/c1-19(29,20(21,22)23)14-4-6-15(7-5-14)26-16(12-27-9-8-24-17(28)13-27)11-25-33(30,31)18-3-2-10-32-18/h2-7,10,16,25-26,29H,8-9,11-13H2,1H3,(H,24,28). The molecule has 1 aliphatic rings. The predicted molar refractivity (Wildman–Crippen MR) is 118 cm³/mol. The molecule has 0 spiro atoms. The van der Waals surface area contributed by atoms with E-state index in [4.69, 9.17) is 0 Å². The summed E-state index contributed by atoms with van der Waals surface area (Å²) < 4.78 is 67.0. The SMILES string of the molecule is CC(O)(c1ccc(NC(CNS(=O)(=O)c2cccs2)CN2CCNC(=O)C2)cc1)C(F)(F)F. The summed E-state index contributed by atoms with van der Waals surface area (Å²) in [5.41, 5.74) is -2.87. The van der Waals surface area contributed by atoms with E-state index in [0.717, 1.165) is 23.5 Å². The number of sulfonamides is 1. The van der Waals surface area contributed by atoms with Crippen LogP contribution in [-0.2, 0) is 20.4 Å². The highest BCUT2D eigenvalue weighted by molar-refractivity contribution is 7.91. The number of benzene rings is 1. The van der Waals surface area contributed by atoms with Crippen LogP contribution >= 0.6 is 11.3 Å². The van der Waals surface area contributed by atoms with Crippen molar-refractivity contribution in [2.45, 2.75) is 29.0 Å². The molecule has 0 aliphatic carbocycles. The van der Waals surface area contributed by atoms with Crippen LogP contribution in [0.3, 0.4) is 0 Å². The molecule has 0 radical (unpaired) electrons. The Labute approximate surface area is 193 Å². The van der Waals surface area contributed by atoms with Crippen molar-refractivity contribution < 1.29 is 31.5 Å². The molecule has 2 atom stereocenters. The fraction of sp³-hybridized carbons (Fsp3) is 0.450. The zero-order chi connectivity index (χ0) is 24.3. The number of rotatable bonds is 9. The third-order valence-electron chi connectivity index (χ3n) is 5.25. The Morgan fingerprint density at radius 3 is 2.52 bits per heavy atom. The largest absolute Gasteiger partial charge is 0.421 e. The van der Waals surface area contributed by atoms with E-state index >= 15 is 0 Å². The van der Waals surface area contributed by atoms with Crippen molar-refractivity contribution >= 4 is 33.0 Å². The molecule has 33 heavy (non-hydrogen) atoms. The summed E-state index contributed by atoms with van der Waals surface area (Å²) in [6.45, 7) is 2.19. The summed E-state index contributed by atoms with van der Waals surface area (Å²) in [5.74, 6) is -0.141. The van der Waals surface area contributed by atoms with Crippen molar-refractivity contribution in [3.8, 4) is 0 Å². The minimum atomic E-state index is -4.83. The van der Waals surface area contributed by atoms with Crippen molar-refractivity contribution in [2.75, 3.05) is 38.0 Å². The Morgan fingerprint density at radius 2 is 1.94 bits per heavy atom. The smallest absolute Gasteiger partial charge is 0.380 e. The van der Waals surface area contributed by atoms with Gasteiger partial charge in [-0.3, -0.25) is 9.69 Å². The molecule has 3 rings (SSSR count). The summed E-state index contributed by atoms with van der Waals surface area (Å²) in [4.78, 5) is 13.6. The molecule has 182 valence electrons. The Kier molecular flexibility index (Phi) is 7.69. The molecule has 1 aromatic carbocycles. The van der Waals surface area contributed by atoms with Crippen LogP contribution in [-0.4, -0.2) is 69.3 Å². The summed E-state index contributed by atoms with van der Waals surface area (Å²) in [6, 6.07) is 7.72. The van der Waals surface area contributed by atoms with Crippen molar-refractivity contribution in [1.82, 2.24) is 14.9 Å². The molecule has 1 amide bonds. The summed E-state index contributed by atoms with van der Waals surface area (Å²) in [5, 5.41) is 17.3. The number of anilines is 1. The lowest BCUT2D eigenvalue weighted by Gasteiger charge is -2.31. The van der Waals surface area contributed by atoms with Gasteiger partial charge in [-0.15, -0.1) is 11.3 Å². The van der Waals surface area contributed by atoms with Gasteiger partial charge in [-0.05, 0) is 36.1 Å². The molecule has 1 saturated heterocycles. The maximum Gasteiger partial charge on any atom is 0.421 e. The maximum atomic E-state index is 13.1. The number of amides is 1. The predicted octanol–water partition coefficient (Wildman–Crippen LogP) is 1.71. The second-order valence-corrected chi connectivity index (χ2v) is 10.8. The van der Waals surface area contributed by atoms with Gasteiger partial charge in [0.25, 0.3) is 0 Å². The topological polar surface area (TPSA) is 111 Å². The molecule has 0 saturated carbocycles. The molecule has 0 bridgehead atoms. The van der Waals surface area contributed by atoms with Gasteiger partial charge in [0.1, 0.15) is 4.21 Å². The molecular formula is C20H25F3N4O4S2. The number of carbonyl (C=O) groups excluding carboxylic acids is 1. The van der Waals surface area contributed by atoms with Gasteiger partial charge in [0.2, 0.25) is 15.9 Å². The summed E-state index contributed by atoms with van der Waals surface area (Å²) >= 11 is 1.08. The third-order valence-corrected chi connectivity index (χ3v) is 8.07. The highest BCUT2D eigenvalue weighted by Gasteiger charge is 2.51. The Balaban J connectivity index is 1.73. The van der Waals surface area contributed by atoms with Gasteiger partial charge in [-0.25, -0.2) is 13.1 Å². The molecule has 8 nitrogen and oxygen atoms in total. The number of alkyl halides is 3. The zero-order valence-electron chi connectivity index (χ0n) is 17.7. The van der Waals surface area contributed by atoms with E-state index < -0.39 is 27.8 Å². The molecule has 13 heteroatoms. The number of piperazine rings is 1. The molecule has 4 N–H and O–H groups in total. The third kappa shape index (κ3) is 6.44. The van der Waals surface area contributed by atoms with E-state index in [9.17, 15) is 31.5 Å². The van der Waals surface area contributed by atoms with Gasteiger partial charge < -0.3 is 15.7 Å². The first kappa shape index (κ1) is 25.4. The van der Waals surface area contributed by atoms with Crippen LogP contribution in [0.4, 0.5) is 18.9 Å². The van der Waals surface area contributed by atoms with Crippen molar-refractivity contribution in [1.29, 1.82) is 0 Å². The van der Waals surface area contributed by atoms with E-state index in [1.165, 1.54) is 18.2 Å². The lowest BCUT2D eigenvalue weighted by Crippen LogP contribution is -2.52. The summed E-state index contributed by atoms with van der Waals surface area (Å²) in [6.07, 6.45) is -4.83. The quantitative estimate of drug-likeness (QED) is 0.412. The number of aliphatic hydroxyl groups is 1. The second-order valence-electron chi connectivity index (χ2n) is 7.86. The number of hydrogen-bond donors (Lipinski definition) is 4. The van der Waals surface area contributed by atoms with Gasteiger partial charge >= 0.3 is 6.18 Å². The van der Waals surface area contributed by atoms with Crippen LogP contribution in [0, 0.1) is 0 Å². The molecule has 2 heterocycles. The Bertz CT molecular complexity index is 1040. The second kappa shape index (κ2) is 9.97. The molecule has 1 aliphatic heterocycles. The number of carbonyl (C=O) groups is 1. The molecule has 2 aromatic rings. The van der Waals surface area contributed by atoms with Gasteiger partial charge in [0.15, 0.2) is 5.60 Å². The van der Waals surface area contributed by atoms with Crippen LogP contribution in [0.2, 0.25) is 0 Å². The average molecular weight is 507 g/mol. The molecule has 2 unspecified atom stereocenters. The lowest BCUT2D eigenvalue weighted by atomic mass is 9.95. The van der Waals surface area contributed by atoms with Gasteiger partial charge in [-0.1, -0.05) is 18.2 Å². The fourth-order valence-corrected chi connectivity index (χ4v) is 5.43. The fourth-order valence-electron chi connectivity index (χ4n) is 3.31. The van der Waals surface area contributed by atoms with E-state index in [1.807, 2.05) is 4.90 Å². The van der Waals surface area contributed by atoms with Crippen LogP contribution in [0.15, 0.2) is 46.0 Å². The monoisotopic (exact) mass is 506 g/mol. The van der Waals surface area contributed by atoms with Gasteiger partial charge in [-0.2, -0.15) is 13.2 Å². The number of nitrogens with one attached hydrogen (secondary N) is 3. The first-order valence-corrected chi connectivity index (χ1v) is 12.4. The van der Waals surface area contributed by atoms with E-state index in [2.05, 4.69) is 15.4 Å². The van der Waals surface area contributed by atoms with Gasteiger partial charge in [0, 0.05) is 31.9 Å². The molecular weight excluding hydrogens is 481 g/mol. The van der Waals surface area contributed by atoms with E-state index in [-0.39, 0.29) is 28.8 Å². The first-order chi connectivity index (χ1) is 15.4. The minimum absolute atomic E-state index is 0.0135. The highest BCUT2D eigenvalue weighted by Crippen LogP contribution is 2.38. The van der Waals surface area contributed by atoms with E-state index in [0.29, 0.717) is 32.2 Å². The van der Waals surface area contributed by atoms with Crippen LogP contribution < -0.4 is 15.4 Å². The first-order valence-electron chi connectivity index (χ1n) is 10.1. The summed E-state index contributed by atoms with van der Waals surface area (Å²) in [7, 11) is -3.73. The average Bonchev–Trinajstić information content (AvgIpc) is 3.28. The number of thiophene rings is 1. The van der Waals surface area contributed by atoms with Crippen LogP contribution in [0.5, 0.6) is 0 Å². The van der Waals surface area contributed by atoms with Crippen molar-refractivity contribution in [2.24, 2.45) is 0 Å². The zero-order valence-corrected chi connectivity index (χ0v) is 19.4. The minimum Gasteiger partial charge on any atom is -0.380 e. The van der Waals surface area contributed by atoms with Crippen LogP contribution in [0.25, 0.3) is 0 Å². The number of halogens is 3. The maximum absolute atomic E-state index is 13.1. The Morgan fingerprint density at radius 1 is 1.24 bits per heavy atom. The normalized spacial score (nSPS) is 18.4. The van der Waals surface area contributed by atoms with Gasteiger partial charge in [0.05, 0.1) is 12.6 Å². The highest BCUT2D eigenvalue weighted by atomic mass is 32.2. The van der Waals surface area contributed by atoms with Crippen molar-refractivity contribution in [3.05, 3.63) is 47.3 Å². The number of nitrogens with zero attached hydrogens (tertiary/aromatic N) is 1. The molecule has 1 fully saturated rings. The lowest BCUT2D eigenvalue weighted by molar-refractivity contribution is -0.258.